The van der Waals surface area contributed by atoms with E-state index in [4.69, 9.17) is 0 Å². The molecule has 10 aromatic rings. The third-order valence-corrected chi connectivity index (χ3v) is 11.3. The zero-order chi connectivity index (χ0) is 33.0. The average molecular weight is 654 g/mol. The minimum absolute atomic E-state index is 1.12. The first kappa shape index (κ1) is 28.8. The lowest BCUT2D eigenvalue weighted by Gasteiger charge is -2.28. The Bertz CT molecular complexity index is 2830. The van der Waals surface area contributed by atoms with Gasteiger partial charge in [-0.1, -0.05) is 152 Å². The molecule has 0 saturated carbocycles. The van der Waals surface area contributed by atoms with E-state index in [-0.39, 0.29) is 0 Å². The SMILES string of the molecule is c1ccc(-c2ccccc2N(c2ccc(-c3cccc4c3sc3ccccc34)cc2)c2ccc3c4ccccc4c4ccccc4c3c2)cc1. The van der Waals surface area contributed by atoms with E-state index in [1.165, 1.54) is 74.7 Å². The molecule has 2 heteroatoms. The molecule has 0 aliphatic rings. The Kier molecular flexibility index (Phi) is 6.75. The fraction of sp³-hybridized carbons (Fsp3) is 0. The minimum Gasteiger partial charge on any atom is -0.310 e. The lowest BCUT2D eigenvalue weighted by molar-refractivity contribution is 1.29. The first-order valence-electron chi connectivity index (χ1n) is 17.1. The van der Waals surface area contributed by atoms with Crippen molar-refractivity contribution < 1.29 is 0 Å². The molecule has 0 aliphatic heterocycles. The first-order valence-corrected chi connectivity index (χ1v) is 17.9. The summed E-state index contributed by atoms with van der Waals surface area (Å²) in [5, 5.41) is 10.3. The van der Waals surface area contributed by atoms with E-state index >= 15 is 0 Å². The predicted octanol–water partition coefficient (Wildman–Crippen LogP) is 14.3. The highest BCUT2D eigenvalue weighted by Crippen LogP contribution is 2.45. The van der Waals surface area contributed by atoms with Crippen LogP contribution in [-0.2, 0) is 0 Å². The van der Waals surface area contributed by atoms with E-state index in [2.05, 4.69) is 193 Å². The number of fused-ring (bicyclic) bond motifs is 9. The number of thiophene rings is 1. The molecule has 0 amide bonds. The molecule has 0 fully saturated rings. The van der Waals surface area contributed by atoms with E-state index in [0.29, 0.717) is 0 Å². The highest BCUT2D eigenvalue weighted by molar-refractivity contribution is 7.26. The summed E-state index contributed by atoms with van der Waals surface area (Å²) in [6.07, 6.45) is 0. The van der Waals surface area contributed by atoms with E-state index in [1.54, 1.807) is 0 Å². The van der Waals surface area contributed by atoms with Crippen LogP contribution >= 0.6 is 11.3 Å². The largest absolute Gasteiger partial charge is 0.310 e. The van der Waals surface area contributed by atoms with E-state index in [1.807, 2.05) is 11.3 Å². The lowest BCUT2D eigenvalue weighted by atomic mass is 9.93. The van der Waals surface area contributed by atoms with Crippen LogP contribution in [0.2, 0.25) is 0 Å². The molecule has 0 atom stereocenters. The van der Waals surface area contributed by atoms with Gasteiger partial charge in [-0.3, -0.25) is 0 Å². The van der Waals surface area contributed by atoms with Crippen LogP contribution in [0.3, 0.4) is 0 Å². The monoisotopic (exact) mass is 653 g/mol. The van der Waals surface area contributed by atoms with Crippen LogP contribution in [0.4, 0.5) is 17.1 Å². The highest BCUT2D eigenvalue weighted by atomic mass is 32.1. The van der Waals surface area contributed by atoms with E-state index in [0.717, 1.165) is 17.1 Å². The number of hydrogen-bond donors (Lipinski definition) is 0. The second-order valence-electron chi connectivity index (χ2n) is 12.9. The second kappa shape index (κ2) is 11.7. The standard InChI is InChI=1S/C48H31NS/c1-2-13-32(14-3-1)36-15-8-10-23-46(36)49(35-29-30-42-40-18-5-4-16-38(40)39-17-6-7-19-41(39)45(42)31-35)34-27-25-33(26-28-34)37-21-12-22-44-43-20-9-11-24-47(43)50-48(37)44/h1-31H. The Morgan fingerprint density at radius 2 is 0.840 bits per heavy atom. The first-order chi connectivity index (χ1) is 24.8. The van der Waals surface area contributed by atoms with Gasteiger partial charge in [0.2, 0.25) is 0 Å². The topological polar surface area (TPSA) is 3.24 Å². The van der Waals surface area contributed by atoms with Crippen molar-refractivity contribution in [3.63, 3.8) is 0 Å². The molecule has 0 bridgehead atoms. The van der Waals surface area contributed by atoms with Gasteiger partial charge in [0.25, 0.3) is 0 Å². The van der Waals surface area contributed by atoms with Crippen molar-refractivity contribution in [1.29, 1.82) is 0 Å². The van der Waals surface area contributed by atoms with Crippen LogP contribution in [0.5, 0.6) is 0 Å². The van der Waals surface area contributed by atoms with Gasteiger partial charge >= 0.3 is 0 Å². The fourth-order valence-electron chi connectivity index (χ4n) is 7.76. The Labute approximate surface area is 294 Å². The number of nitrogens with zero attached hydrogens (tertiary/aromatic N) is 1. The quantitative estimate of drug-likeness (QED) is 0.167. The van der Waals surface area contributed by atoms with E-state index < -0.39 is 0 Å². The van der Waals surface area contributed by atoms with Crippen molar-refractivity contribution in [2.75, 3.05) is 4.90 Å². The van der Waals surface area contributed by atoms with Crippen molar-refractivity contribution in [3.8, 4) is 22.3 Å². The zero-order valence-electron chi connectivity index (χ0n) is 27.3. The Morgan fingerprint density at radius 3 is 1.58 bits per heavy atom. The normalized spacial score (nSPS) is 11.6. The van der Waals surface area contributed by atoms with Gasteiger partial charge in [-0.15, -0.1) is 11.3 Å². The van der Waals surface area contributed by atoms with Crippen molar-refractivity contribution >= 4 is 80.9 Å². The summed E-state index contributed by atoms with van der Waals surface area (Å²) in [5.74, 6) is 0. The third kappa shape index (κ3) is 4.61. The summed E-state index contributed by atoms with van der Waals surface area (Å²) < 4.78 is 2.66. The molecule has 50 heavy (non-hydrogen) atoms. The second-order valence-corrected chi connectivity index (χ2v) is 13.9. The van der Waals surface area contributed by atoms with Gasteiger partial charge < -0.3 is 4.90 Å². The molecule has 10 rings (SSSR count). The van der Waals surface area contributed by atoms with Gasteiger partial charge in [0.15, 0.2) is 0 Å². The molecule has 234 valence electrons. The predicted molar refractivity (Wildman–Crippen MR) is 217 cm³/mol. The van der Waals surface area contributed by atoms with Crippen LogP contribution in [-0.4, -0.2) is 0 Å². The van der Waals surface area contributed by atoms with Crippen LogP contribution in [0.1, 0.15) is 0 Å². The number of rotatable bonds is 5. The maximum absolute atomic E-state index is 2.43. The number of para-hydroxylation sites is 1. The molecule has 0 radical (unpaired) electrons. The molecule has 1 heterocycles. The average Bonchev–Trinajstić information content (AvgIpc) is 3.58. The molecule has 0 aliphatic carbocycles. The fourth-order valence-corrected chi connectivity index (χ4v) is 9.00. The molecule has 1 nitrogen and oxygen atoms in total. The Balaban J connectivity index is 1.19. The molecule has 9 aromatic carbocycles. The summed E-state index contributed by atoms with van der Waals surface area (Å²) in [6, 6.07) is 68.6. The number of benzene rings is 9. The highest BCUT2D eigenvalue weighted by Gasteiger charge is 2.19. The lowest BCUT2D eigenvalue weighted by Crippen LogP contribution is -2.11. The molecule has 1 aromatic heterocycles. The summed E-state index contributed by atoms with van der Waals surface area (Å²) in [4.78, 5) is 2.43. The van der Waals surface area contributed by atoms with Gasteiger partial charge in [0.05, 0.1) is 5.69 Å². The van der Waals surface area contributed by atoms with Crippen LogP contribution in [0, 0.1) is 0 Å². The van der Waals surface area contributed by atoms with Crippen LogP contribution in [0.25, 0.3) is 74.7 Å². The van der Waals surface area contributed by atoms with Gasteiger partial charge in [-0.2, -0.15) is 0 Å². The van der Waals surface area contributed by atoms with Gasteiger partial charge in [0, 0.05) is 37.1 Å². The van der Waals surface area contributed by atoms with Gasteiger partial charge in [-0.25, -0.2) is 0 Å². The van der Waals surface area contributed by atoms with E-state index in [9.17, 15) is 0 Å². The third-order valence-electron chi connectivity index (χ3n) is 10.1. The smallest absolute Gasteiger partial charge is 0.0540 e. The number of anilines is 3. The Morgan fingerprint density at radius 1 is 0.320 bits per heavy atom. The van der Waals surface area contributed by atoms with Crippen molar-refractivity contribution in [1.82, 2.24) is 0 Å². The molecule has 0 saturated heterocycles. The molecular formula is C48H31NS. The van der Waals surface area contributed by atoms with Gasteiger partial charge in [-0.05, 0) is 85.4 Å². The summed E-state index contributed by atoms with van der Waals surface area (Å²) >= 11 is 1.88. The number of hydrogen-bond acceptors (Lipinski definition) is 2. The maximum Gasteiger partial charge on any atom is 0.0540 e. The Hall–Kier alpha value is -6.22. The summed E-state index contributed by atoms with van der Waals surface area (Å²) in [6.45, 7) is 0. The van der Waals surface area contributed by atoms with Crippen molar-refractivity contribution in [3.05, 3.63) is 188 Å². The van der Waals surface area contributed by atoms with Crippen LogP contribution < -0.4 is 4.90 Å². The minimum atomic E-state index is 1.12. The molecule has 0 N–H and O–H groups in total. The molecule has 0 unspecified atom stereocenters. The van der Waals surface area contributed by atoms with Crippen molar-refractivity contribution in [2.45, 2.75) is 0 Å². The maximum atomic E-state index is 2.43. The zero-order valence-corrected chi connectivity index (χ0v) is 28.1. The summed E-state index contributed by atoms with van der Waals surface area (Å²) in [5.41, 5.74) is 8.26. The van der Waals surface area contributed by atoms with Crippen molar-refractivity contribution in [2.24, 2.45) is 0 Å². The molecule has 0 spiro atoms. The van der Waals surface area contributed by atoms with Crippen LogP contribution in [0.15, 0.2) is 188 Å². The summed E-state index contributed by atoms with van der Waals surface area (Å²) in [7, 11) is 0. The molecular weight excluding hydrogens is 623 g/mol. The van der Waals surface area contributed by atoms with Gasteiger partial charge in [0.1, 0.15) is 0 Å².